The number of nitrogens with zero attached hydrogens (tertiary/aromatic N) is 4. The Kier molecular flexibility index (Phi) is 7.16. The molecule has 0 radical (unpaired) electrons. The highest BCUT2D eigenvalue weighted by Gasteiger charge is 2.19. The van der Waals surface area contributed by atoms with Gasteiger partial charge in [-0.15, -0.1) is 0 Å². The van der Waals surface area contributed by atoms with Crippen LogP contribution in [0.3, 0.4) is 0 Å². The van der Waals surface area contributed by atoms with Crippen molar-refractivity contribution in [2.45, 2.75) is 0 Å². The maximum Gasteiger partial charge on any atom is 0.164 e. The van der Waals surface area contributed by atoms with E-state index in [9.17, 15) is 0 Å². The van der Waals surface area contributed by atoms with Crippen LogP contribution >= 0.6 is 0 Å². The first kappa shape index (κ1) is 32.4. The van der Waals surface area contributed by atoms with Gasteiger partial charge in [-0.25, -0.2) is 15.0 Å². The van der Waals surface area contributed by atoms with Gasteiger partial charge < -0.3 is 8.98 Å². The Balaban J connectivity index is 1.07. The van der Waals surface area contributed by atoms with Gasteiger partial charge >= 0.3 is 0 Å². The summed E-state index contributed by atoms with van der Waals surface area (Å²) < 4.78 is 8.96. The summed E-state index contributed by atoms with van der Waals surface area (Å²) in [6.45, 7) is 0. The second-order valence-corrected chi connectivity index (χ2v) is 14.8. The van der Waals surface area contributed by atoms with Gasteiger partial charge in [0, 0.05) is 43.9 Å². The summed E-state index contributed by atoms with van der Waals surface area (Å²) in [5, 5.41) is 9.22. The van der Waals surface area contributed by atoms with Gasteiger partial charge in [0.2, 0.25) is 0 Å². The molecule has 0 unspecified atom stereocenters. The fourth-order valence-corrected chi connectivity index (χ4v) is 8.68. The topological polar surface area (TPSA) is 56.7 Å². The van der Waals surface area contributed by atoms with Crippen molar-refractivity contribution in [2.24, 2.45) is 0 Å². The lowest BCUT2D eigenvalue weighted by Gasteiger charge is -2.12. The molecule has 0 saturated carbocycles. The molecular weight excluding hydrogens is 709 g/mol. The third-order valence-electron chi connectivity index (χ3n) is 11.4. The van der Waals surface area contributed by atoms with Crippen molar-refractivity contribution < 1.29 is 4.42 Å². The van der Waals surface area contributed by atoms with Gasteiger partial charge in [0.1, 0.15) is 11.2 Å². The summed E-state index contributed by atoms with van der Waals surface area (Å²) in [6.07, 6.45) is 0. The number of fused-ring (bicyclic) bond motifs is 9. The van der Waals surface area contributed by atoms with Gasteiger partial charge in [0.15, 0.2) is 17.5 Å². The van der Waals surface area contributed by atoms with Gasteiger partial charge in [-0.3, -0.25) is 0 Å². The van der Waals surface area contributed by atoms with E-state index < -0.39 is 0 Å². The lowest BCUT2D eigenvalue weighted by atomic mass is 9.99. The first-order chi connectivity index (χ1) is 28.7. The Labute approximate surface area is 333 Å². The molecule has 0 saturated heterocycles. The molecule has 9 aromatic carbocycles. The minimum absolute atomic E-state index is 0.608. The highest BCUT2D eigenvalue weighted by Crippen LogP contribution is 2.40. The zero-order valence-electron chi connectivity index (χ0n) is 31.2. The quantitative estimate of drug-likeness (QED) is 0.176. The van der Waals surface area contributed by atoms with E-state index >= 15 is 0 Å². The second-order valence-electron chi connectivity index (χ2n) is 14.8. The van der Waals surface area contributed by atoms with Gasteiger partial charge in [0.25, 0.3) is 0 Å². The summed E-state index contributed by atoms with van der Waals surface area (Å²) in [5.74, 6) is 1.86. The Morgan fingerprint density at radius 1 is 0.345 bits per heavy atom. The van der Waals surface area contributed by atoms with Crippen LogP contribution in [-0.4, -0.2) is 19.5 Å². The summed E-state index contributed by atoms with van der Waals surface area (Å²) in [7, 11) is 0. The van der Waals surface area contributed by atoms with E-state index in [4.69, 9.17) is 19.4 Å². The zero-order chi connectivity index (χ0) is 38.2. The highest BCUT2D eigenvalue weighted by molar-refractivity contribution is 6.20. The molecule has 0 aliphatic rings. The first-order valence-electron chi connectivity index (χ1n) is 19.5. The van der Waals surface area contributed by atoms with Gasteiger partial charge in [-0.05, 0) is 81.2 Å². The molecule has 0 atom stereocenters. The van der Waals surface area contributed by atoms with Crippen molar-refractivity contribution in [1.82, 2.24) is 19.5 Å². The predicted octanol–water partition coefficient (Wildman–Crippen LogP) is 13.8. The largest absolute Gasteiger partial charge is 0.456 e. The van der Waals surface area contributed by atoms with Crippen LogP contribution in [0.1, 0.15) is 0 Å². The van der Waals surface area contributed by atoms with Crippen molar-refractivity contribution in [3.8, 4) is 51.0 Å². The van der Waals surface area contributed by atoms with Crippen molar-refractivity contribution in [3.63, 3.8) is 0 Å². The molecule has 0 aliphatic heterocycles. The molecule has 0 aliphatic carbocycles. The van der Waals surface area contributed by atoms with E-state index in [0.717, 1.165) is 66.2 Å². The van der Waals surface area contributed by atoms with Crippen molar-refractivity contribution in [2.75, 3.05) is 0 Å². The monoisotopic (exact) mass is 740 g/mol. The summed E-state index contributed by atoms with van der Waals surface area (Å²) in [6, 6.07) is 68.0. The molecule has 3 aromatic heterocycles. The number of benzene rings is 9. The lowest BCUT2D eigenvalue weighted by molar-refractivity contribution is 0.669. The zero-order valence-corrected chi connectivity index (χ0v) is 31.2. The Morgan fingerprint density at radius 2 is 0.983 bits per heavy atom. The third-order valence-corrected chi connectivity index (χ3v) is 11.4. The fourth-order valence-electron chi connectivity index (χ4n) is 8.68. The van der Waals surface area contributed by atoms with Crippen LogP contribution in [0.15, 0.2) is 199 Å². The van der Waals surface area contributed by atoms with Crippen molar-refractivity contribution in [3.05, 3.63) is 194 Å². The smallest absolute Gasteiger partial charge is 0.164 e. The van der Waals surface area contributed by atoms with Crippen LogP contribution in [0.2, 0.25) is 0 Å². The molecule has 0 spiro atoms. The number of aromatic nitrogens is 4. The van der Waals surface area contributed by atoms with Crippen LogP contribution < -0.4 is 0 Å². The molecule has 0 amide bonds. The first-order valence-corrected chi connectivity index (χ1v) is 19.5. The van der Waals surface area contributed by atoms with Crippen LogP contribution in [0, 0.1) is 0 Å². The molecule has 5 nitrogen and oxygen atoms in total. The molecule has 58 heavy (non-hydrogen) atoms. The normalized spacial score (nSPS) is 11.8. The molecule has 12 aromatic rings. The minimum Gasteiger partial charge on any atom is -0.456 e. The third kappa shape index (κ3) is 5.14. The molecule has 0 fully saturated rings. The van der Waals surface area contributed by atoms with Crippen LogP contribution in [0.5, 0.6) is 0 Å². The SMILES string of the molecule is c1ccc(-c2nc(-c3ccc4ccc5oc6ccc(-n7c8ccccc8c8cc9ccccc9cc87)cc6c5c4c3)nc(-c3ccccc3-c3ccccc3)n2)cc1. The fraction of sp³-hybridized carbons (Fsp3) is 0. The Hall–Kier alpha value is -7.89. The Morgan fingerprint density at radius 3 is 1.81 bits per heavy atom. The number of rotatable bonds is 5. The number of furan rings is 1. The average molecular weight is 741 g/mol. The number of hydrogen-bond acceptors (Lipinski definition) is 4. The average Bonchev–Trinajstić information content (AvgIpc) is 3.83. The number of hydrogen-bond donors (Lipinski definition) is 0. The Bertz CT molecular complexity index is 3570. The maximum absolute atomic E-state index is 6.57. The van der Waals surface area contributed by atoms with E-state index in [1.807, 2.05) is 42.5 Å². The maximum atomic E-state index is 6.57. The van der Waals surface area contributed by atoms with Gasteiger partial charge in [-0.2, -0.15) is 0 Å². The molecule has 0 N–H and O–H groups in total. The predicted molar refractivity (Wildman–Crippen MR) is 238 cm³/mol. The van der Waals surface area contributed by atoms with E-state index in [1.54, 1.807) is 0 Å². The standard InChI is InChI=1S/C53H32N4O/c1-3-13-33(14-4-1)40-19-9-10-21-42(40)53-55-51(35-15-5-2-6-16-35)54-52(56-53)38-24-23-34-25-27-49-50(43(34)30-38)45-32-39(26-28-48(45)58-49)57-46-22-12-11-20-41(46)44-29-36-17-7-8-18-37(36)31-47(44)57/h1-32H. The van der Waals surface area contributed by atoms with E-state index in [1.165, 1.54) is 32.6 Å². The minimum atomic E-state index is 0.608. The molecular formula is C53H32N4O. The van der Waals surface area contributed by atoms with Crippen molar-refractivity contribution >= 4 is 65.3 Å². The summed E-state index contributed by atoms with van der Waals surface area (Å²) in [4.78, 5) is 15.4. The summed E-state index contributed by atoms with van der Waals surface area (Å²) >= 11 is 0. The molecule has 3 heterocycles. The van der Waals surface area contributed by atoms with Gasteiger partial charge in [-0.1, -0.05) is 146 Å². The summed E-state index contributed by atoms with van der Waals surface area (Å²) in [5.41, 5.74) is 10.1. The molecule has 0 bridgehead atoms. The molecule has 5 heteroatoms. The molecule has 12 rings (SSSR count). The van der Waals surface area contributed by atoms with E-state index in [0.29, 0.717) is 17.5 Å². The van der Waals surface area contributed by atoms with Crippen LogP contribution in [0.4, 0.5) is 0 Å². The number of para-hydroxylation sites is 1. The highest BCUT2D eigenvalue weighted by atomic mass is 16.3. The van der Waals surface area contributed by atoms with E-state index in [2.05, 4.69) is 156 Å². The van der Waals surface area contributed by atoms with Crippen LogP contribution in [-0.2, 0) is 0 Å². The van der Waals surface area contributed by atoms with Crippen molar-refractivity contribution in [1.29, 1.82) is 0 Å². The van der Waals surface area contributed by atoms with E-state index in [-0.39, 0.29) is 0 Å². The van der Waals surface area contributed by atoms with Crippen LogP contribution in [0.25, 0.3) is 116 Å². The lowest BCUT2D eigenvalue weighted by Crippen LogP contribution is -2.01. The molecule has 270 valence electrons. The van der Waals surface area contributed by atoms with Gasteiger partial charge in [0.05, 0.1) is 11.0 Å². The second kappa shape index (κ2) is 12.8.